The number of aromatic nitrogens is 2. The quantitative estimate of drug-likeness (QED) is 0.678. The molecule has 3 rings (SSSR count). The molecule has 1 atom stereocenters. The Balaban J connectivity index is 2.20. The number of aromatic hydroxyl groups is 1. The van der Waals surface area contributed by atoms with Crippen molar-refractivity contribution in [2.75, 3.05) is 0 Å². The molecule has 2 aromatic heterocycles. The molecule has 1 amide bonds. The standard InChI is InChI=1S/C22H25N3O2/c1-4-7-19(26)25-20(15-8-5-10-23-13-15)18-12-17(14(2)3)16-9-6-11-24-21(16)22(18)27/h5-6,8-14,20,27H,4,7H2,1-3H3,(H,25,26). The Morgan fingerprint density at radius 1 is 1.19 bits per heavy atom. The summed E-state index contributed by atoms with van der Waals surface area (Å²) >= 11 is 0. The second-order valence-electron chi connectivity index (χ2n) is 6.99. The van der Waals surface area contributed by atoms with Crippen LogP contribution in [0.3, 0.4) is 0 Å². The van der Waals surface area contributed by atoms with Crippen molar-refractivity contribution in [1.29, 1.82) is 0 Å². The molecule has 2 N–H and O–H groups in total. The first-order valence-corrected chi connectivity index (χ1v) is 9.32. The summed E-state index contributed by atoms with van der Waals surface area (Å²) in [5.74, 6) is 0.288. The SMILES string of the molecule is CCCC(=O)NC(c1cccnc1)c1cc(C(C)C)c2cccnc2c1O. The molecule has 0 saturated carbocycles. The zero-order valence-electron chi connectivity index (χ0n) is 15.9. The molecule has 0 bridgehead atoms. The minimum absolute atomic E-state index is 0.0574. The maximum Gasteiger partial charge on any atom is 0.220 e. The van der Waals surface area contributed by atoms with E-state index in [1.54, 1.807) is 18.6 Å². The van der Waals surface area contributed by atoms with E-state index in [4.69, 9.17) is 0 Å². The van der Waals surface area contributed by atoms with Crippen LogP contribution in [0.25, 0.3) is 10.9 Å². The van der Waals surface area contributed by atoms with Crippen LogP contribution in [-0.4, -0.2) is 21.0 Å². The van der Waals surface area contributed by atoms with Crippen LogP contribution in [0, 0.1) is 0 Å². The van der Waals surface area contributed by atoms with Crippen molar-refractivity contribution >= 4 is 16.8 Å². The Hall–Kier alpha value is -2.95. The predicted octanol–water partition coefficient (Wildman–Crippen LogP) is 4.46. The molecule has 5 nitrogen and oxygen atoms in total. The maximum absolute atomic E-state index is 12.4. The predicted molar refractivity (Wildman–Crippen MR) is 107 cm³/mol. The van der Waals surface area contributed by atoms with E-state index in [0.29, 0.717) is 17.5 Å². The molecule has 0 aliphatic heterocycles. The van der Waals surface area contributed by atoms with Gasteiger partial charge >= 0.3 is 0 Å². The highest BCUT2D eigenvalue weighted by molar-refractivity contribution is 5.89. The van der Waals surface area contributed by atoms with Gasteiger partial charge in [-0.3, -0.25) is 14.8 Å². The Kier molecular flexibility index (Phi) is 5.69. The van der Waals surface area contributed by atoms with Gasteiger partial charge in [-0.25, -0.2) is 0 Å². The molecule has 0 fully saturated rings. The van der Waals surface area contributed by atoms with E-state index in [0.717, 1.165) is 22.9 Å². The molecule has 0 aliphatic carbocycles. The highest BCUT2D eigenvalue weighted by Gasteiger charge is 2.24. The monoisotopic (exact) mass is 363 g/mol. The van der Waals surface area contributed by atoms with Gasteiger partial charge in [-0.1, -0.05) is 32.9 Å². The van der Waals surface area contributed by atoms with Gasteiger partial charge in [0.1, 0.15) is 11.3 Å². The number of pyridine rings is 2. The van der Waals surface area contributed by atoms with Gasteiger partial charge in [0.2, 0.25) is 5.91 Å². The van der Waals surface area contributed by atoms with Crippen LogP contribution in [0.2, 0.25) is 0 Å². The van der Waals surface area contributed by atoms with Crippen molar-refractivity contribution in [2.24, 2.45) is 0 Å². The van der Waals surface area contributed by atoms with E-state index < -0.39 is 6.04 Å². The van der Waals surface area contributed by atoms with Crippen LogP contribution in [0.1, 0.15) is 62.3 Å². The summed E-state index contributed by atoms with van der Waals surface area (Å²) < 4.78 is 0. The van der Waals surface area contributed by atoms with E-state index in [2.05, 4.69) is 29.1 Å². The number of phenols is 1. The fourth-order valence-corrected chi connectivity index (χ4v) is 3.32. The van der Waals surface area contributed by atoms with E-state index in [1.165, 1.54) is 0 Å². The zero-order chi connectivity index (χ0) is 19.4. The van der Waals surface area contributed by atoms with Crippen LogP contribution in [-0.2, 0) is 4.79 Å². The molecule has 27 heavy (non-hydrogen) atoms. The van der Waals surface area contributed by atoms with Gasteiger partial charge in [0.15, 0.2) is 0 Å². The van der Waals surface area contributed by atoms with Crippen LogP contribution in [0.15, 0.2) is 48.9 Å². The third-order valence-corrected chi connectivity index (χ3v) is 4.66. The lowest BCUT2D eigenvalue weighted by molar-refractivity contribution is -0.121. The Labute approximate surface area is 159 Å². The van der Waals surface area contributed by atoms with Crippen LogP contribution < -0.4 is 5.32 Å². The summed E-state index contributed by atoms with van der Waals surface area (Å²) in [5, 5.41) is 15.0. The lowest BCUT2D eigenvalue weighted by atomic mass is 9.90. The van der Waals surface area contributed by atoms with Crippen molar-refractivity contribution in [1.82, 2.24) is 15.3 Å². The molecular formula is C22H25N3O2. The number of fused-ring (bicyclic) bond motifs is 1. The molecule has 2 heterocycles. The first-order valence-electron chi connectivity index (χ1n) is 9.32. The van der Waals surface area contributed by atoms with Crippen LogP contribution >= 0.6 is 0 Å². The number of phenolic OH excluding ortho intramolecular Hbond substituents is 1. The average Bonchev–Trinajstić information content (AvgIpc) is 2.67. The second-order valence-corrected chi connectivity index (χ2v) is 6.99. The van der Waals surface area contributed by atoms with Gasteiger partial charge in [0.25, 0.3) is 0 Å². The Morgan fingerprint density at radius 3 is 2.63 bits per heavy atom. The fraction of sp³-hybridized carbons (Fsp3) is 0.318. The molecule has 0 saturated heterocycles. The van der Waals surface area contributed by atoms with Gasteiger partial charge < -0.3 is 10.4 Å². The van der Waals surface area contributed by atoms with Crippen LogP contribution in [0.4, 0.5) is 0 Å². The number of nitrogens with zero attached hydrogens (tertiary/aromatic N) is 2. The van der Waals surface area contributed by atoms with E-state index >= 15 is 0 Å². The lowest BCUT2D eigenvalue weighted by Gasteiger charge is -2.23. The third kappa shape index (κ3) is 3.92. The summed E-state index contributed by atoms with van der Waals surface area (Å²) in [6.45, 7) is 6.18. The topological polar surface area (TPSA) is 75.1 Å². The van der Waals surface area contributed by atoms with Gasteiger partial charge in [-0.2, -0.15) is 0 Å². The number of nitrogens with one attached hydrogen (secondary N) is 1. The summed E-state index contributed by atoms with van der Waals surface area (Å²) in [5.41, 5.74) is 3.10. The van der Waals surface area contributed by atoms with Gasteiger partial charge in [0, 0.05) is 36.0 Å². The fourth-order valence-electron chi connectivity index (χ4n) is 3.32. The third-order valence-electron chi connectivity index (χ3n) is 4.66. The van der Waals surface area contributed by atoms with Crippen molar-refractivity contribution in [3.05, 3.63) is 65.6 Å². The van der Waals surface area contributed by atoms with Gasteiger partial charge in [-0.15, -0.1) is 0 Å². The van der Waals surface area contributed by atoms with Gasteiger partial charge in [0.05, 0.1) is 6.04 Å². The van der Waals surface area contributed by atoms with Gasteiger partial charge in [-0.05, 0) is 41.7 Å². The second kappa shape index (κ2) is 8.16. The zero-order valence-corrected chi connectivity index (χ0v) is 15.9. The molecule has 0 spiro atoms. The summed E-state index contributed by atoms with van der Waals surface area (Å²) in [6, 6.07) is 9.06. The van der Waals surface area contributed by atoms with Crippen molar-refractivity contribution in [2.45, 2.75) is 45.6 Å². The molecular weight excluding hydrogens is 338 g/mol. The number of hydrogen-bond acceptors (Lipinski definition) is 4. The number of hydrogen-bond donors (Lipinski definition) is 2. The number of carbonyl (C=O) groups is 1. The molecule has 1 unspecified atom stereocenters. The molecule has 3 aromatic rings. The minimum Gasteiger partial charge on any atom is -0.505 e. The Bertz CT molecular complexity index is 939. The molecule has 140 valence electrons. The van der Waals surface area contributed by atoms with Crippen molar-refractivity contribution in [3.8, 4) is 5.75 Å². The highest BCUT2D eigenvalue weighted by atomic mass is 16.3. The van der Waals surface area contributed by atoms with Crippen LogP contribution in [0.5, 0.6) is 5.75 Å². The molecule has 5 heteroatoms. The summed E-state index contributed by atoms with van der Waals surface area (Å²) in [7, 11) is 0. The number of carbonyl (C=O) groups excluding carboxylic acids is 1. The highest BCUT2D eigenvalue weighted by Crippen LogP contribution is 2.38. The first kappa shape index (κ1) is 18.8. The number of amides is 1. The summed E-state index contributed by atoms with van der Waals surface area (Å²) in [6.07, 6.45) is 6.27. The van der Waals surface area contributed by atoms with E-state index in [9.17, 15) is 9.90 Å². The Morgan fingerprint density at radius 2 is 1.96 bits per heavy atom. The average molecular weight is 363 g/mol. The smallest absolute Gasteiger partial charge is 0.220 e. The minimum atomic E-state index is -0.485. The largest absolute Gasteiger partial charge is 0.505 e. The summed E-state index contributed by atoms with van der Waals surface area (Å²) in [4.78, 5) is 20.9. The molecule has 0 aliphatic rings. The molecule has 1 aromatic carbocycles. The first-order chi connectivity index (χ1) is 13.0. The number of benzene rings is 1. The maximum atomic E-state index is 12.4. The number of rotatable bonds is 6. The molecule has 0 radical (unpaired) electrons. The van der Waals surface area contributed by atoms with Crippen molar-refractivity contribution < 1.29 is 9.90 Å². The van der Waals surface area contributed by atoms with E-state index in [1.807, 2.05) is 37.3 Å². The lowest BCUT2D eigenvalue weighted by Crippen LogP contribution is -2.29. The van der Waals surface area contributed by atoms with E-state index in [-0.39, 0.29) is 17.6 Å². The van der Waals surface area contributed by atoms with Crippen molar-refractivity contribution in [3.63, 3.8) is 0 Å². The normalized spacial score (nSPS) is 12.3.